The quantitative estimate of drug-likeness (QED) is 0.839. The Bertz CT molecular complexity index is 495. The second-order valence-electron chi connectivity index (χ2n) is 4.10. The third-order valence-corrected chi connectivity index (χ3v) is 2.58. The van der Waals surface area contributed by atoms with Crippen molar-refractivity contribution in [1.29, 1.82) is 0 Å². The topological polar surface area (TPSA) is 75.0 Å². The molecule has 0 unspecified atom stereocenters. The minimum Gasteiger partial charge on any atom is -0.369 e. The van der Waals surface area contributed by atoms with Gasteiger partial charge < -0.3 is 10.6 Å². The fraction of sp³-hybridized carbons (Fsp3) is 0.455. The number of nitrogens with zero attached hydrogens (tertiary/aromatic N) is 2. The van der Waals surface area contributed by atoms with Crippen molar-refractivity contribution in [2.45, 2.75) is 20.3 Å². The van der Waals surface area contributed by atoms with Crippen molar-refractivity contribution in [3.8, 4) is 0 Å². The molecule has 0 saturated carbocycles. The van der Waals surface area contributed by atoms with Gasteiger partial charge in [0.05, 0.1) is 5.56 Å². The Kier molecular flexibility index (Phi) is 4.17. The fourth-order valence-corrected chi connectivity index (χ4v) is 1.98. The van der Waals surface area contributed by atoms with E-state index in [0.717, 1.165) is 25.1 Å². The zero-order chi connectivity index (χ0) is 11.7. The third kappa shape index (κ3) is 2.61. The minimum atomic E-state index is -0.164. The molecular weight excluding hydrogens is 240 g/mol. The van der Waals surface area contributed by atoms with Gasteiger partial charge in [-0.05, 0) is 19.4 Å². The van der Waals surface area contributed by atoms with E-state index in [1.165, 1.54) is 0 Å². The normalized spacial score (nSPS) is 13.8. The van der Waals surface area contributed by atoms with Crippen LogP contribution in [0.3, 0.4) is 0 Å². The maximum atomic E-state index is 11.7. The highest BCUT2D eigenvalue weighted by Crippen LogP contribution is 2.24. The summed E-state index contributed by atoms with van der Waals surface area (Å²) in [6, 6.07) is 0. The van der Waals surface area contributed by atoms with Crippen molar-refractivity contribution >= 4 is 30.2 Å². The summed E-state index contributed by atoms with van der Waals surface area (Å²) in [7, 11) is 0. The molecule has 2 heterocycles. The van der Waals surface area contributed by atoms with Crippen molar-refractivity contribution < 1.29 is 0 Å². The Labute approximate surface area is 106 Å². The molecule has 0 atom stereocenters. The molecule has 0 saturated heterocycles. The molecule has 6 heteroatoms. The molecule has 0 amide bonds. The standard InChI is InChI=1S/C11H16N4O.ClH/c1-3-4-15-6-7(2)5-8-9(15)13-11(12)14-10(8)16;/h5H,3-4,6H2,1-2H3,(H3,12,13,14,16);1H. The Morgan fingerprint density at radius 2 is 2.29 bits per heavy atom. The van der Waals surface area contributed by atoms with Crippen LogP contribution in [0, 0.1) is 0 Å². The van der Waals surface area contributed by atoms with Crippen LogP contribution >= 0.6 is 12.4 Å². The number of hydrogen-bond donors (Lipinski definition) is 2. The van der Waals surface area contributed by atoms with Gasteiger partial charge in [-0.3, -0.25) is 9.78 Å². The summed E-state index contributed by atoms with van der Waals surface area (Å²) >= 11 is 0. The van der Waals surface area contributed by atoms with Gasteiger partial charge in [0.15, 0.2) is 0 Å². The molecule has 1 aromatic heterocycles. The average molecular weight is 257 g/mol. The Balaban J connectivity index is 0.00000144. The SMILES string of the molecule is CCCN1CC(C)=Cc2c1nc(N)[nH]c2=O.Cl. The van der Waals surface area contributed by atoms with Crippen molar-refractivity contribution in [2.24, 2.45) is 0 Å². The molecule has 3 N–H and O–H groups in total. The summed E-state index contributed by atoms with van der Waals surface area (Å²) in [6.07, 6.45) is 2.90. The van der Waals surface area contributed by atoms with Crippen molar-refractivity contribution in [3.63, 3.8) is 0 Å². The van der Waals surface area contributed by atoms with E-state index in [9.17, 15) is 4.79 Å². The molecule has 0 aliphatic carbocycles. The zero-order valence-corrected chi connectivity index (χ0v) is 10.8. The van der Waals surface area contributed by atoms with Crippen molar-refractivity contribution in [2.75, 3.05) is 23.7 Å². The second kappa shape index (κ2) is 5.23. The Morgan fingerprint density at radius 1 is 1.59 bits per heavy atom. The number of H-pyrrole nitrogens is 1. The number of nitrogens with one attached hydrogen (secondary N) is 1. The van der Waals surface area contributed by atoms with Gasteiger partial charge in [-0.1, -0.05) is 12.5 Å². The van der Waals surface area contributed by atoms with E-state index >= 15 is 0 Å². The van der Waals surface area contributed by atoms with Crippen LogP contribution in [0.1, 0.15) is 25.8 Å². The molecule has 17 heavy (non-hydrogen) atoms. The van der Waals surface area contributed by atoms with E-state index in [2.05, 4.69) is 21.8 Å². The Hall–Kier alpha value is -1.49. The summed E-state index contributed by atoms with van der Waals surface area (Å²) in [5.41, 5.74) is 7.18. The molecule has 0 bridgehead atoms. The lowest BCUT2D eigenvalue weighted by Gasteiger charge is -2.28. The van der Waals surface area contributed by atoms with Crippen LogP contribution in [0.5, 0.6) is 0 Å². The van der Waals surface area contributed by atoms with Gasteiger partial charge in [-0.15, -0.1) is 12.4 Å². The van der Waals surface area contributed by atoms with Crippen LogP contribution in [0.25, 0.3) is 6.08 Å². The number of hydrogen-bond acceptors (Lipinski definition) is 4. The summed E-state index contributed by atoms with van der Waals surface area (Å²) in [6.45, 7) is 5.82. The molecule has 0 spiro atoms. The van der Waals surface area contributed by atoms with Crippen LogP contribution in [-0.4, -0.2) is 23.1 Å². The van der Waals surface area contributed by atoms with Crippen LogP contribution in [0.4, 0.5) is 11.8 Å². The number of aromatic amines is 1. The summed E-state index contributed by atoms with van der Waals surface area (Å²) < 4.78 is 0. The smallest absolute Gasteiger partial charge is 0.261 e. The number of nitrogen functional groups attached to an aromatic ring is 1. The number of anilines is 2. The van der Waals surface area contributed by atoms with E-state index in [-0.39, 0.29) is 23.9 Å². The fourth-order valence-electron chi connectivity index (χ4n) is 1.98. The van der Waals surface area contributed by atoms with Gasteiger partial charge in [0.2, 0.25) is 5.95 Å². The molecule has 1 aromatic rings. The number of rotatable bonds is 2. The lowest BCUT2D eigenvalue weighted by Crippen LogP contribution is -2.33. The molecular formula is C11H17ClN4O. The number of halogens is 1. The number of nitrogens with two attached hydrogens (primary N) is 1. The zero-order valence-electron chi connectivity index (χ0n) is 9.99. The maximum absolute atomic E-state index is 11.7. The number of fused-ring (bicyclic) bond motifs is 1. The first kappa shape index (κ1) is 13.6. The highest BCUT2D eigenvalue weighted by Gasteiger charge is 2.19. The van der Waals surface area contributed by atoms with E-state index in [1.54, 1.807) is 0 Å². The highest BCUT2D eigenvalue weighted by molar-refractivity contribution is 5.85. The van der Waals surface area contributed by atoms with Crippen molar-refractivity contribution in [1.82, 2.24) is 9.97 Å². The molecule has 5 nitrogen and oxygen atoms in total. The van der Waals surface area contributed by atoms with E-state index in [4.69, 9.17) is 5.73 Å². The molecule has 0 fully saturated rings. The second-order valence-corrected chi connectivity index (χ2v) is 4.10. The molecule has 2 rings (SSSR count). The first-order chi connectivity index (χ1) is 7.61. The average Bonchev–Trinajstić information content (AvgIpc) is 2.20. The van der Waals surface area contributed by atoms with Gasteiger partial charge in [0.1, 0.15) is 5.82 Å². The van der Waals surface area contributed by atoms with E-state index in [1.807, 2.05) is 13.0 Å². The van der Waals surface area contributed by atoms with Crippen LogP contribution in [0.2, 0.25) is 0 Å². The third-order valence-electron chi connectivity index (χ3n) is 2.58. The van der Waals surface area contributed by atoms with Gasteiger partial charge in [-0.25, -0.2) is 0 Å². The highest BCUT2D eigenvalue weighted by atomic mass is 35.5. The minimum absolute atomic E-state index is 0. The van der Waals surface area contributed by atoms with Gasteiger partial charge in [-0.2, -0.15) is 4.98 Å². The lowest BCUT2D eigenvalue weighted by atomic mass is 10.1. The monoisotopic (exact) mass is 256 g/mol. The van der Waals surface area contributed by atoms with E-state index < -0.39 is 0 Å². The first-order valence-corrected chi connectivity index (χ1v) is 5.43. The Morgan fingerprint density at radius 3 is 2.94 bits per heavy atom. The molecule has 1 aliphatic heterocycles. The molecule has 1 aliphatic rings. The first-order valence-electron chi connectivity index (χ1n) is 5.43. The van der Waals surface area contributed by atoms with Gasteiger partial charge in [0.25, 0.3) is 5.56 Å². The lowest BCUT2D eigenvalue weighted by molar-refractivity contribution is 0.778. The summed E-state index contributed by atoms with van der Waals surface area (Å²) in [5, 5.41) is 0. The number of aromatic nitrogens is 2. The predicted octanol–water partition coefficient (Wildman–Crippen LogP) is 1.41. The van der Waals surface area contributed by atoms with Crippen LogP contribution in [0.15, 0.2) is 10.4 Å². The van der Waals surface area contributed by atoms with Gasteiger partial charge >= 0.3 is 0 Å². The van der Waals surface area contributed by atoms with Crippen LogP contribution < -0.4 is 16.2 Å². The van der Waals surface area contributed by atoms with E-state index in [0.29, 0.717) is 11.4 Å². The molecule has 0 aromatic carbocycles. The molecule has 94 valence electrons. The predicted molar refractivity (Wildman–Crippen MR) is 72.7 cm³/mol. The maximum Gasteiger partial charge on any atom is 0.261 e. The molecule has 0 radical (unpaired) electrons. The van der Waals surface area contributed by atoms with Crippen LogP contribution in [-0.2, 0) is 0 Å². The van der Waals surface area contributed by atoms with Crippen molar-refractivity contribution in [3.05, 3.63) is 21.5 Å². The largest absolute Gasteiger partial charge is 0.369 e. The van der Waals surface area contributed by atoms with Gasteiger partial charge in [0, 0.05) is 13.1 Å². The summed E-state index contributed by atoms with van der Waals surface area (Å²) in [5.74, 6) is 0.881. The summed E-state index contributed by atoms with van der Waals surface area (Å²) in [4.78, 5) is 20.6.